The van der Waals surface area contributed by atoms with Gasteiger partial charge in [-0.2, -0.15) is 0 Å². The molecule has 0 aliphatic carbocycles. The number of amides is 2. The quantitative estimate of drug-likeness (QED) is 0.573. The van der Waals surface area contributed by atoms with Crippen LogP contribution in [0.3, 0.4) is 0 Å². The number of halogens is 3. The van der Waals surface area contributed by atoms with Gasteiger partial charge in [0.05, 0.1) is 23.7 Å². The highest BCUT2D eigenvalue weighted by molar-refractivity contribution is 6.36. The average Bonchev–Trinajstić information content (AvgIpc) is 3.14. The molecular formula is C20H15Cl3N2O3. The molecule has 0 aliphatic heterocycles. The lowest BCUT2D eigenvalue weighted by Crippen LogP contribution is -2.36. The van der Waals surface area contributed by atoms with Crippen LogP contribution in [0.15, 0.2) is 59.0 Å². The first-order valence-electron chi connectivity index (χ1n) is 8.27. The predicted octanol–water partition coefficient (Wildman–Crippen LogP) is 4.95. The van der Waals surface area contributed by atoms with Crippen molar-refractivity contribution in [2.24, 2.45) is 0 Å². The number of carbonyl (C=O) groups excluding carboxylic acids is 2. The van der Waals surface area contributed by atoms with E-state index >= 15 is 0 Å². The highest BCUT2D eigenvalue weighted by Crippen LogP contribution is 2.24. The number of hydrogen-bond acceptors (Lipinski definition) is 3. The Balaban J connectivity index is 1.49. The van der Waals surface area contributed by atoms with Crippen molar-refractivity contribution in [1.29, 1.82) is 0 Å². The molecule has 2 aromatic carbocycles. The molecule has 28 heavy (non-hydrogen) atoms. The summed E-state index contributed by atoms with van der Waals surface area (Å²) in [5.74, 6) is 0.444. The minimum atomic E-state index is -0.458. The van der Waals surface area contributed by atoms with Gasteiger partial charge in [-0.1, -0.05) is 34.8 Å². The summed E-state index contributed by atoms with van der Waals surface area (Å²) < 4.78 is 5.71. The minimum Gasteiger partial charge on any atom is -0.459 e. The fraction of sp³-hybridized carbons (Fsp3) is 0.100. The maximum Gasteiger partial charge on any atom is 0.253 e. The third-order valence-electron chi connectivity index (χ3n) is 3.84. The number of benzene rings is 2. The first kappa shape index (κ1) is 20.3. The van der Waals surface area contributed by atoms with Crippen molar-refractivity contribution in [2.75, 3.05) is 6.54 Å². The molecule has 3 rings (SSSR count). The molecule has 3 aromatic rings. The van der Waals surface area contributed by atoms with Crippen LogP contribution in [0.1, 0.15) is 16.1 Å². The first-order chi connectivity index (χ1) is 13.4. The van der Waals surface area contributed by atoms with Crippen LogP contribution in [0.25, 0.3) is 11.3 Å². The van der Waals surface area contributed by atoms with Crippen molar-refractivity contribution in [3.63, 3.8) is 0 Å². The lowest BCUT2D eigenvalue weighted by Gasteiger charge is -2.07. The standard InChI is InChI=1S/C20H15Cl3N2O3/c21-13-3-1-12(2-4-13)18-8-6-15(28-18)10-24-19(26)11-25-20(27)16-7-5-14(22)9-17(16)23/h1-9H,10-11H2,(H,24,26)(H,25,27). The Morgan fingerprint density at radius 2 is 1.57 bits per heavy atom. The van der Waals surface area contributed by atoms with E-state index in [1.54, 1.807) is 24.3 Å². The highest BCUT2D eigenvalue weighted by atomic mass is 35.5. The zero-order chi connectivity index (χ0) is 20.1. The number of carbonyl (C=O) groups is 2. The fourth-order valence-corrected chi connectivity index (χ4v) is 3.04. The van der Waals surface area contributed by atoms with E-state index in [1.165, 1.54) is 12.1 Å². The molecule has 1 heterocycles. The third kappa shape index (κ3) is 5.29. The number of nitrogens with one attached hydrogen (secondary N) is 2. The maximum absolute atomic E-state index is 12.1. The summed E-state index contributed by atoms with van der Waals surface area (Å²) in [7, 11) is 0. The molecule has 5 nitrogen and oxygen atoms in total. The predicted molar refractivity (Wildman–Crippen MR) is 110 cm³/mol. The normalized spacial score (nSPS) is 10.5. The molecule has 0 fully saturated rings. The molecule has 2 amide bonds. The Bertz CT molecular complexity index is 1000. The van der Waals surface area contributed by atoms with Gasteiger partial charge in [-0.25, -0.2) is 0 Å². The molecule has 144 valence electrons. The van der Waals surface area contributed by atoms with Crippen LogP contribution in [-0.2, 0) is 11.3 Å². The van der Waals surface area contributed by atoms with Crippen molar-refractivity contribution in [3.8, 4) is 11.3 Å². The van der Waals surface area contributed by atoms with E-state index < -0.39 is 5.91 Å². The molecular weight excluding hydrogens is 423 g/mol. The molecule has 8 heteroatoms. The van der Waals surface area contributed by atoms with Gasteiger partial charge >= 0.3 is 0 Å². The van der Waals surface area contributed by atoms with E-state index in [2.05, 4.69) is 10.6 Å². The Morgan fingerprint density at radius 1 is 0.857 bits per heavy atom. The van der Waals surface area contributed by atoms with Gasteiger partial charge in [0.15, 0.2) is 0 Å². The Hall–Kier alpha value is -2.47. The van der Waals surface area contributed by atoms with E-state index in [-0.39, 0.29) is 29.6 Å². The molecule has 0 bridgehead atoms. The van der Waals surface area contributed by atoms with Crippen molar-refractivity contribution in [3.05, 3.63) is 81.0 Å². The van der Waals surface area contributed by atoms with Gasteiger partial charge in [0.2, 0.25) is 5.91 Å². The van der Waals surface area contributed by atoms with Crippen LogP contribution in [0.5, 0.6) is 0 Å². The summed E-state index contributed by atoms with van der Waals surface area (Å²) in [5.41, 5.74) is 1.13. The summed E-state index contributed by atoms with van der Waals surface area (Å²) >= 11 is 17.7. The molecule has 0 aliphatic rings. The van der Waals surface area contributed by atoms with Crippen molar-refractivity contribution in [2.45, 2.75) is 6.54 Å². The van der Waals surface area contributed by atoms with E-state index in [0.717, 1.165) is 5.56 Å². The van der Waals surface area contributed by atoms with Gasteiger partial charge in [0.25, 0.3) is 5.91 Å². The average molecular weight is 438 g/mol. The van der Waals surface area contributed by atoms with Crippen LogP contribution in [0, 0.1) is 0 Å². The highest BCUT2D eigenvalue weighted by Gasteiger charge is 2.12. The van der Waals surface area contributed by atoms with Gasteiger partial charge < -0.3 is 15.1 Å². The van der Waals surface area contributed by atoms with Crippen molar-refractivity contribution in [1.82, 2.24) is 10.6 Å². The summed E-state index contributed by atoms with van der Waals surface area (Å²) in [6.45, 7) is 0.00648. The van der Waals surface area contributed by atoms with E-state index in [1.807, 2.05) is 18.2 Å². The molecule has 0 unspecified atom stereocenters. The SMILES string of the molecule is O=C(CNC(=O)c1ccc(Cl)cc1Cl)NCc1ccc(-c2ccc(Cl)cc2)o1. The molecule has 2 N–H and O–H groups in total. The molecule has 0 radical (unpaired) electrons. The molecule has 0 saturated heterocycles. The lowest BCUT2D eigenvalue weighted by atomic mass is 10.2. The Labute approximate surface area is 176 Å². The molecule has 0 saturated carbocycles. The number of furan rings is 1. The lowest BCUT2D eigenvalue weighted by molar-refractivity contribution is -0.120. The van der Waals surface area contributed by atoms with Gasteiger partial charge in [-0.3, -0.25) is 9.59 Å². The third-order valence-corrected chi connectivity index (χ3v) is 4.64. The van der Waals surface area contributed by atoms with Gasteiger partial charge in [0.1, 0.15) is 11.5 Å². The molecule has 0 atom stereocenters. The second-order valence-electron chi connectivity index (χ2n) is 5.86. The molecule has 0 spiro atoms. The van der Waals surface area contributed by atoms with E-state index in [4.69, 9.17) is 39.2 Å². The monoisotopic (exact) mass is 436 g/mol. The maximum atomic E-state index is 12.1. The number of hydrogen-bond donors (Lipinski definition) is 2. The topological polar surface area (TPSA) is 71.3 Å². The van der Waals surface area contributed by atoms with Gasteiger partial charge in [-0.05, 0) is 54.6 Å². The zero-order valence-corrected chi connectivity index (χ0v) is 16.7. The van der Waals surface area contributed by atoms with Crippen molar-refractivity contribution >= 4 is 46.6 Å². The largest absolute Gasteiger partial charge is 0.459 e. The van der Waals surface area contributed by atoms with E-state index in [0.29, 0.717) is 21.6 Å². The fourth-order valence-electron chi connectivity index (χ4n) is 2.42. The second-order valence-corrected chi connectivity index (χ2v) is 7.14. The zero-order valence-electron chi connectivity index (χ0n) is 14.5. The minimum absolute atomic E-state index is 0.192. The van der Waals surface area contributed by atoms with Crippen LogP contribution >= 0.6 is 34.8 Å². The Morgan fingerprint density at radius 3 is 2.29 bits per heavy atom. The summed E-state index contributed by atoms with van der Waals surface area (Å²) in [5, 5.41) is 6.48. The van der Waals surface area contributed by atoms with Crippen LogP contribution < -0.4 is 10.6 Å². The van der Waals surface area contributed by atoms with Gasteiger partial charge in [-0.15, -0.1) is 0 Å². The second kappa shape index (κ2) is 9.15. The number of rotatable bonds is 6. The smallest absolute Gasteiger partial charge is 0.253 e. The first-order valence-corrected chi connectivity index (χ1v) is 9.40. The Kier molecular flexibility index (Phi) is 6.62. The summed E-state index contributed by atoms with van der Waals surface area (Å²) in [4.78, 5) is 24.1. The van der Waals surface area contributed by atoms with Crippen molar-refractivity contribution < 1.29 is 14.0 Å². The van der Waals surface area contributed by atoms with Crippen LogP contribution in [0.2, 0.25) is 15.1 Å². The summed E-state index contributed by atoms with van der Waals surface area (Å²) in [6.07, 6.45) is 0. The van der Waals surface area contributed by atoms with E-state index in [9.17, 15) is 9.59 Å². The molecule has 1 aromatic heterocycles. The van der Waals surface area contributed by atoms with Gasteiger partial charge in [0, 0.05) is 15.6 Å². The summed E-state index contributed by atoms with van der Waals surface area (Å²) in [6, 6.07) is 15.4. The van der Waals surface area contributed by atoms with Crippen LogP contribution in [0.4, 0.5) is 0 Å². The van der Waals surface area contributed by atoms with Crippen LogP contribution in [-0.4, -0.2) is 18.4 Å².